The van der Waals surface area contributed by atoms with E-state index in [1.54, 1.807) is 11.8 Å². The van der Waals surface area contributed by atoms with Crippen molar-refractivity contribution in [1.82, 2.24) is 4.90 Å². The molecule has 5 nitrogen and oxygen atoms in total. The lowest BCUT2D eigenvalue weighted by Gasteiger charge is -2.31. The zero-order valence-electron chi connectivity index (χ0n) is 13.6. The van der Waals surface area contributed by atoms with Gasteiger partial charge in [-0.05, 0) is 44.4 Å². The lowest BCUT2D eigenvalue weighted by molar-refractivity contribution is -0.151. The Labute approximate surface area is 141 Å². The van der Waals surface area contributed by atoms with E-state index in [1.165, 1.54) is 0 Å². The minimum absolute atomic E-state index is 0.0340. The van der Waals surface area contributed by atoms with Crippen molar-refractivity contribution in [3.63, 3.8) is 0 Å². The summed E-state index contributed by atoms with van der Waals surface area (Å²) < 4.78 is 5.04. The maximum atomic E-state index is 12.3. The first-order valence-electron chi connectivity index (χ1n) is 7.96. The minimum Gasteiger partial charge on any atom is -0.466 e. The van der Waals surface area contributed by atoms with Gasteiger partial charge in [-0.15, -0.1) is 0 Å². The van der Waals surface area contributed by atoms with Crippen LogP contribution in [-0.2, 0) is 14.3 Å². The second kappa shape index (κ2) is 8.20. The van der Waals surface area contributed by atoms with Gasteiger partial charge in [-0.3, -0.25) is 9.59 Å². The quantitative estimate of drug-likeness (QED) is 0.839. The zero-order valence-corrected chi connectivity index (χ0v) is 14.4. The van der Waals surface area contributed by atoms with Crippen molar-refractivity contribution >= 4 is 29.2 Å². The van der Waals surface area contributed by atoms with Crippen LogP contribution in [-0.4, -0.2) is 43.0 Å². The van der Waals surface area contributed by atoms with Crippen molar-refractivity contribution < 1.29 is 14.3 Å². The normalized spacial score (nSPS) is 15.3. The molecular formula is C17H23ClN2O3. The molecule has 1 amide bonds. The number of piperidine rings is 1. The van der Waals surface area contributed by atoms with E-state index in [0.29, 0.717) is 37.6 Å². The van der Waals surface area contributed by atoms with E-state index in [4.69, 9.17) is 16.3 Å². The first-order valence-corrected chi connectivity index (χ1v) is 8.34. The average molecular weight is 339 g/mol. The fourth-order valence-electron chi connectivity index (χ4n) is 2.71. The molecule has 0 saturated carbocycles. The third kappa shape index (κ3) is 4.61. The molecule has 0 bridgehead atoms. The van der Waals surface area contributed by atoms with Gasteiger partial charge in [0.1, 0.15) is 0 Å². The summed E-state index contributed by atoms with van der Waals surface area (Å²) in [4.78, 5) is 25.8. The van der Waals surface area contributed by atoms with Crippen LogP contribution in [0, 0.1) is 12.8 Å². The summed E-state index contributed by atoms with van der Waals surface area (Å²) in [5, 5.41) is 3.82. The highest BCUT2D eigenvalue weighted by Gasteiger charge is 2.27. The molecule has 0 aliphatic carbocycles. The Morgan fingerprint density at radius 1 is 1.35 bits per heavy atom. The van der Waals surface area contributed by atoms with Gasteiger partial charge in [-0.1, -0.05) is 17.7 Å². The van der Waals surface area contributed by atoms with E-state index in [0.717, 1.165) is 11.3 Å². The Balaban J connectivity index is 1.81. The lowest BCUT2D eigenvalue weighted by atomic mass is 9.97. The molecular weight excluding hydrogens is 316 g/mol. The number of likely N-dealkylation sites (tertiary alicyclic amines) is 1. The van der Waals surface area contributed by atoms with E-state index in [1.807, 2.05) is 25.1 Å². The number of hydrogen-bond donors (Lipinski definition) is 1. The van der Waals surface area contributed by atoms with Crippen LogP contribution in [0.1, 0.15) is 25.3 Å². The number of benzene rings is 1. The van der Waals surface area contributed by atoms with Crippen molar-refractivity contribution in [3.8, 4) is 0 Å². The van der Waals surface area contributed by atoms with Crippen LogP contribution in [0.4, 0.5) is 5.69 Å². The molecule has 126 valence electrons. The minimum atomic E-state index is -0.146. The predicted octanol–water partition coefficient (Wildman–Crippen LogP) is 2.86. The molecule has 0 unspecified atom stereocenters. The highest BCUT2D eigenvalue weighted by molar-refractivity contribution is 6.31. The van der Waals surface area contributed by atoms with E-state index >= 15 is 0 Å². The van der Waals surface area contributed by atoms with Gasteiger partial charge < -0.3 is 15.0 Å². The smallest absolute Gasteiger partial charge is 0.309 e. The van der Waals surface area contributed by atoms with Crippen LogP contribution in [0.15, 0.2) is 18.2 Å². The standard InChI is InChI=1S/C17H23ClN2O3/c1-3-23-17(22)13-7-9-20(10-8-13)16(21)11-19-15-6-4-5-14(18)12(15)2/h4-6,13,19H,3,7-11H2,1-2H3. The number of esters is 1. The summed E-state index contributed by atoms with van der Waals surface area (Å²) >= 11 is 6.07. The molecule has 1 aliphatic rings. The number of halogens is 1. The number of carbonyl (C=O) groups is 2. The highest BCUT2D eigenvalue weighted by atomic mass is 35.5. The number of nitrogens with one attached hydrogen (secondary N) is 1. The zero-order chi connectivity index (χ0) is 16.8. The molecule has 0 atom stereocenters. The molecule has 23 heavy (non-hydrogen) atoms. The molecule has 1 aliphatic heterocycles. The maximum Gasteiger partial charge on any atom is 0.309 e. The second-order valence-corrected chi connectivity index (χ2v) is 6.08. The van der Waals surface area contributed by atoms with E-state index < -0.39 is 0 Å². The van der Waals surface area contributed by atoms with Gasteiger partial charge in [0.25, 0.3) is 0 Å². The molecule has 1 aromatic carbocycles. The third-order valence-electron chi connectivity index (χ3n) is 4.17. The van der Waals surface area contributed by atoms with Gasteiger partial charge in [0.15, 0.2) is 0 Å². The molecule has 2 rings (SSSR count). The summed E-state index contributed by atoms with van der Waals surface area (Å²) in [7, 11) is 0. The predicted molar refractivity (Wildman–Crippen MR) is 90.6 cm³/mol. The highest BCUT2D eigenvalue weighted by Crippen LogP contribution is 2.23. The van der Waals surface area contributed by atoms with Crippen molar-refractivity contribution in [1.29, 1.82) is 0 Å². The van der Waals surface area contributed by atoms with Gasteiger partial charge in [-0.25, -0.2) is 0 Å². The first-order chi connectivity index (χ1) is 11.0. The second-order valence-electron chi connectivity index (χ2n) is 5.67. The molecule has 1 aromatic rings. The van der Waals surface area contributed by atoms with Crippen molar-refractivity contribution in [3.05, 3.63) is 28.8 Å². The Morgan fingerprint density at radius 2 is 2.04 bits per heavy atom. The van der Waals surface area contributed by atoms with Gasteiger partial charge in [-0.2, -0.15) is 0 Å². The summed E-state index contributed by atoms with van der Waals surface area (Å²) in [5.74, 6) is -0.193. The number of nitrogens with zero attached hydrogens (tertiary/aromatic N) is 1. The van der Waals surface area contributed by atoms with Crippen LogP contribution in [0.3, 0.4) is 0 Å². The molecule has 1 heterocycles. The van der Waals surface area contributed by atoms with Crippen LogP contribution in [0.5, 0.6) is 0 Å². The topological polar surface area (TPSA) is 58.6 Å². The van der Waals surface area contributed by atoms with Crippen LogP contribution >= 0.6 is 11.6 Å². The number of hydrogen-bond acceptors (Lipinski definition) is 4. The van der Waals surface area contributed by atoms with Gasteiger partial charge in [0, 0.05) is 23.8 Å². The third-order valence-corrected chi connectivity index (χ3v) is 4.57. The van der Waals surface area contributed by atoms with E-state index in [9.17, 15) is 9.59 Å². The summed E-state index contributed by atoms with van der Waals surface area (Å²) in [6, 6.07) is 5.58. The van der Waals surface area contributed by atoms with Crippen molar-refractivity contribution in [2.45, 2.75) is 26.7 Å². The monoisotopic (exact) mass is 338 g/mol. The number of carbonyl (C=O) groups excluding carboxylic acids is 2. The molecule has 0 radical (unpaired) electrons. The number of ether oxygens (including phenoxy) is 1. The Morgan fingerprint density at radius 3 is 2.70 bits per heavy atom. The van der Waals surface area contributed by atoms with Gasteiger partial charge in [0.05, 0.1) is 19.1 Å². The van der Waals surface area contributed by atoms with E-state index in [2.05, 4.69) is 5.32 Å². The molecule has 1 saturated heterocycles. The Bertz CT molecular complexity index is 569. The van der Waals surface area contributed by atoms with Gasteiger partial charge in [0.2, 0.25) is 5.91 Å². The van der Waals surface area contributed by atoms with Crippen LogP contribution in [0.2, 0.25) is 5.02 Å². The molecule has 1 fully saturated rings. The van der Waals surface area contributed by atoms with Crippen LogP contribution in [0.25, 0.3) is 0 Å². The fourth-order valence-corrected chi connectivity index (χ4v) is 2.88. The maximum absolute atomic E-state index is 12.3. The first kappa shape index (κ1) is 17.6. The molecule has 6 heteroatoms. The average Bonchev–Trinajstić information content (AvgIpc) is 2.56. The lowest BCUT2D eigenvalue weighted by Crippen LogP contribution is -2.43. The molecule has 1 N–H and O–H groups in total. The largest absolute Gasteiger partial charge is 0.466 e. The molecule has 0 spiro atoms. The fraction of sp³-hybridized carbons (Fsp3) is 0.529. The van der Waals surface area contributed by atoms with Crippen molar-refractivity contribution in [2.24, 2.45) is 5.92 Å². The van der Waals surface area contributed by atoms with Crippen molar-refractivity contribution in [2.75, 3.05) is 31.6 Å². The number of rotatable bonds is 5. The Kier molecular flexibility index (Phi) is 6.28. The Hall–Kier alpha value is -1.75. The summed E-state index contributed by atoms with van der Waals surface area (Å²) in [6.45, 7) is 5.54. The summed E-state index contributed by atoms with van der Waals surface area (Å²) in [5.41, 5.74) is 1.80. The SMILES string of the molecule is CCOC(=O)C1CCN(C(=O)CNc2cccc(Cl)c2C)CC1. The van der Waals surface area contributed by atoms with Gasteiger partial charge >= 0.3 is 5.97 Å². The molecule has 0 aromatic heterocycles. The van der Waals surface area contributed by atoms with Crippen LogP contribution < -0.4 is 5.32 Å². The van der Waals surface area contributed by atoms with E-state index in [-0.39, 0.29) is 24.3 Å². The number of amides is 1. The number of anilines is 1. The summed E-state index contributed by atoms with van der Waals surface area (Å²) in [6.07, 6.45) is 1.33.